The molecular formula is C18H24N6O4. The number of nitrogens with two attached hydrogens (primary N) is 2. The van der Waals surface area contributed by atoms with Crippen molar-refractivity contribution in [3.8, 4) is 0 Å². The Hall–Kier alpha value is -2.79. The number of ether oxygens (including phenoxy) is 1. The van der Waals surface area contributed by atoms with Gasteiger partial charge in [0.25, 0.3) is 0 Å². The maximum atomic E-state index is 10.4. The first-order valence-electron chi connectivity index (χ1n) is 8.84. The molecule has 1 fully saturated rings. The number of fused-ring (bicyclic) bond motifs is 1. The van der Waals surface area contributed by atoms with Crippen LogP contribution in [0.2, 0.25) is 0 Å². The Morgan fingerprint density at radius 2 is 1.86 bits per heavy atom. The van der Waals surface area contributed by atoms with E-state index in [1.54, 1.807) is 6.92 Å². The van der Waals surface area contributed by atoms with Gasteiger partial charge in [0.05, 0.1) is 12.9 Å². The molecule has 1 aromatic carbocycles. The molecule has 28 heavy (non-hydrogen) atoms. The van der Waals surface area contributed by atoms with E-state index in [-0.39, 0.29) is 5.82 Å². The predicted molar refractivity (Wildman–Crippen MR) is 103 cm³/mol. The average Bonchev–Trinajstić information content (AvgIpc) is 3.25. The maximum absolute atomic E-state index is 10.4. The molecule has 1 aliphatic heterocycles. The van der Waals surface area contributed by atoms with Crippen LogP contribution in [0.4, 0.5) is 11.5 Å². The molecule has 3 aromatic rings. The molecule has 4 atom stereocenters. The van der Waals surface area contributed by atoms with Crippen LogP contribution >= 0.6 is 0 Å². The lowest BCUT2D eigenvalue weighted by molar-refractivity contribution is -0.147. The SMILES string of the molecule is CC[C@@]1(n2cnc3c(N)ncnc32)O[C@H](CO)[C@@H](O)[C@H]1O.Nc1ccccc1. The lowest BCUT2D eigenvalue weighted by Gasteiger charge is -2.32. The van der Waals surface area contributed by atoms with Crippen molar-refractivity contribution in [2.24, 2.45) is 0 Å². The minimum absolute atomic E-state index is 0.219. The van der Waals surface area contributed by atoms with Gasteiger partial charge in [0, 0.05) is 5.69 Å². The van der Waals surface area contributed by atoms with Crippen LogP contribution in [-0.2, 0) is 10.5 Å². The van der Waals surface area contributed by atoms with Gasteiger partial charge in [-0.3, -0.25) is 4.57 Å². The summed E-state index contributed by atoms with van der Waals surface area (Å²) in [5.74, 6) is 0.219. The van der Waals surface area contributed by atoms with E-state index in [2.05, 4.69) is 15.0 Å². The van der Waals surface area contributed by atoms with Gasteiger partial charge in [-0.1, -0.05) is 25.1 Å². The molecule has 0 saturated carbocycles. The van der Waals surface area contributed by atoms with Crippen LogP contribution < -0.4 is 11.5 Å². The van der Waals surface area contributed by atoms with Crippen molar-refractivity contribution >= 4 is 22.7 Å². The van der Waals surface area contributed by atoms with Gasteiger partial charge in [-0.25, -0.2) is 15.0 Å². The monoisotopic (exact) mass is 388 g/mol. The fourth-order valence-electron chi connectivity index (χ4n) is 3.26. The summed E-state index contributed by atoms with van der Waals surface area (Å²) >= 11 is 0. The maximum Gasteiger partial charge on any atom is 0.176 e. The van der Waals surface area contributed by atoms with Crippen molar-refractivity contribution in [3.05, 3.63) is 43.0 Å². The summed E-state index contributed by atoms with van der Waals surface area (Å²) in [6.45, 7) is 1.40. The van der Waals surface area contributed by atoms with E-state index in [1.807, 2.05) is 30.3 Å². The van der Waals surface area contributed by atoms with Crippen LogP contribution in [0, 0.1) is 0 Å². The van der Waals surface area contributed by atoms with E-state index in [1.165, 1.54) is 17.2 Å². The third kappa shape index (κ3) is 3.38. The molecule has 0 spiro atoms. The van der Waals surface area contributed by atoms with Crippen LogP contribution in [0.3, 0.4) is 0 Å². The lowest BCUT2D eigenvalue weighted by Crippen LogP contribution is -2.45. The van der Waals surface area contributed by atoms with Gasteiger partial charge in [-0.05, 0) is 18.6 Å². The predicted octanol–water partition coefficient (Wildman–Crippen LogP) is -0.147. The van der Waals surface area contributed by atoms with Gasteiger partial charge in [0.15, 0.2) is 17.2 Å². The zero-order valence-corrected chi connectivity index (χ0v) is 15.4. The first kappa shape index (κ1) is 20.0. The van der Waals surface area contributed by atoms with E-state index in [0.29, 0.717) is 17.6 Å². The molecule has 1 aliphatic rings. The number of anilines is 2. The Bertz CT molecular complexity index is 921. The van der Waals surface area contributed by atoms with Crippen molar-refractivity contribution < 1.29 is 20.1 Å². The molecule has 0 radical (unpaired) electrons. The molecular weight excluding hydrogens is 364 g/mol. The zero-order valence-electron chi connectivity index (χ0n) is 15.4. The number of rotatable bonds is 3. The number of nitrogens with zero attached hydrogens (tertiary/aromatic N) is 4. The molecule has 7 N–H and O–H groups in total. The normalized spacial score (nSPS) is 26.8. The van der Waals surface area contributed by atoms with E-state index in [4.69, 9.17) is 16.2 Å². The average molecular weight is 388 g/mol. The summed E-state index contributed by atoms with van der Waals surface area (Å²) in [7, 11) is 0. The van der Waals surface area contributed by atoms with Crippen LogP contribution in [0.15, 0.2) is 43.0 Å². The van der Waals surface area contributed by atoms with Crippen LogP contribution in [0.5, 0.6) is 0 Å². The van der Waals surface area contributed by atoms with E-state index in [9.17, 15) is 15.3 Å². The van der Waals surface area contributed by atoms with Crippen molar-refractivity contribution in [1.82, 2.24) is 19.5 Å². The second kappa shape index (κ2) is 8.07. The topological polar surface area (TPSA) is 166 Å². The molecule has 150 valence electrons. The Kier molecular flexibility index (Phi) is 5.75. The van der Waals surface area contributed by atoms with Crippen LogP contribution in [0.1, 0.15) is 13.3 Å². The van der Waals surface area contributed by atoms with Gasteiger partial charge < -0.3 is 31.5 Å². The Morgan fingerprint density at radius 1 is 1.14 bits per heavy atom. The molecule has 1 saturated heterocycles. The van der Waals surface area contributed by atoms with Crippen LogP contribution in [0.25, 0.3) is 11.2 Å². The highest BCUT2D eigenvalue weighted by atomic mass is 16.6. The first-order valence-corrected chi connectivity index (χ1v) is 8.84. The fourth-order valence-corrected chi connectivity index (χ4v) is 3.26. The van der Waals surface area contributed by atoms with Gasteiger partial charge in [0.2, 0.25) is 0 Å². The number of aromatic nitrogens is 4. The molecule has 0 aliphatic carbocycles. The van der Waals surface area contributed by atoms with Crippen molar-refractivity contribution in [2.45, 2.75) is 37.4 Å². The number of hydrogen-bond acceptors (Lipinski definition) is 9. The lowest BCUT2D eigenvalue weighted by atomic mass is 10.00. The van der Waals surface area contributed by atoms with Gasteiger partial charge in [-0.2, -0.15) is 0 Å². The van der Waals surface area contributed by atoms with Crippen molar-refractivity contribution in [2.75, 3.05) is 18.1 Å². The fraction of sp³-hybridized carbons (Fsp3) is 0.389. The largest absolute Gasteiger partial charge is 0.399 e. The number of hydrogen-bond donors (Lipinski definition) is 5. The Morgan fingerprint density at radius 3 is 2.39 bits per heavy atom. The van der Waals surface area contributed by atoms with Crippen LogP contribution in [-0.4, -0.2) is 59.8 Å². The molecule has 4 rings (SSSR count). The molecule has 0 unspecified atom stereocenters. The summed E-state index contributed by atoms with van der Waals surface area (Å²) in [5.41, 5.74) is 11.5. The Balaban J connectivity index is 0.000000271. The summed E-state index contributed by atoms with van der Waals surface area (Å²) in [4.78, 5) is 12.1. The molecule has 0 bridgehead atoms. The first-order chi connectivity index (χ1) is 13.4. The molecule has 3 heterocycles. The standard InChI is InChI=1S/C12H17N5O4.C6H7N/c1-2-12(9(20)8(19)6(3-18)21-12)17-5-16-7-10(13)14-4-15-11(7)17;7-6-4-2-1-3-5-6/h4-6,8-9,18-20H,2-3H2,1H3,(H2,13,14,15);1-5H,7H2/t6-,8-,9-,12-;/m1./s1. The minimum Gasteiger partial charge on any atom is -0.399 e. The van der Waals surface area contributed by atoms with Crippen molar-refractivity contribution in [3.63, 3.8) is 0 Å². The van der Waals surface area contributed by atoms with E-state index < -0.39 is 30.6 Å². The minimum atomic E-state index is -1.26. The molecule has 2 aromatic heterocycles. The number of para-hydroxylation sites is 1. The zero-order chi connectivity index (χ0) is 20.3. The molecule has 10 nitrogen and oxygen atoms in total. The quantitative estimate of drug-likeness (QED) is 0.384. The highest BCUT2D eigenvalue weighted by molar-refractivity contribution is 5.81. The van der Waals surface area contributed by atoms with Gasteiger partial charge in [0.1, 0.15) is 30.2 Å². The molecule has 10 heteroatoms. The van der Waals surface area contributed by atoms with Crippen molar-refractivity contribution in [1.29, 1.82) is 0 Å². The summed E-state index contributed by atoms with van der Waals surface area (Å²) < 4.78 is 7.27. The van der Waals surface area contributed by atoms with E-state index >= 15 is 0 Å². The second-order valence-corrected chi connectivity index (χ2v) is 6.43. The number of benzene rings is 1. The smallest absolute Gasteiger partial charge is 0.176 e. The number of imidazole rings is 1. The number of aliphatic hydroxyl groups excluding tert-OH is 3. The highest BCUT2D eigenvalue weighted by Gasteiger charge is 2.54. The second-order valence-electron chi connectivity index (χ2n) is 6.43. The third-order valence-corrected chi connectivity index (χ3v) is 4.78. The van der Waals surface area contributed by atoms with Gasteiger partial charge >= 0.3 is 0 Å². The van der Waals surface area contributed by atoms with Gasteiger partial charge in [-0.15, -0.1) is 0 Å². The molecule has 0 amide bonds. The highest BCUT2D eigenvalue weighted by Crippen LogP contribution is 2.40. The summed E-state index contributed by atoms with van der Waals surface area (Å²) in [5, 5.41) is 29.7. The summed E-state index contributed by atoms with van der Waals surface area (Å²) in [6.07, 6.45) is -0.233. The summed E-state index contributed by atoms with van der Waals surface area (Å²) in [6, 6.07) is 9.49. The Labute approximate surface area is 161 Å². The third-order valence-electron chi connectivity index (χ3n) is 4.78. The number of nitrogen functional groups attached to an aromatic ring is 2. The number of aliphatic hydroxyl groups is 3. The van der Waals surface area contributed by atoms with E-state index in [0.717, 1.165) is 5.69 Å².